The predicted octanol–water partition coefficient (Wildman–Crippen LogP) is 5.00. The van der Waals surface area contributed by atoms with Crippen LogP contribution < -0.4 is 16.2 Å². The largest absolute Gasteiger partial charge is 0.496 e. The van der Waals surface area contributed by atoms with E-state index in [1.807, 2.05) is 51.1 Å². The molecule has 0 radical (unpaired) electrons. The first-order valence-corrected chi connectivity index (χ1v) is 13.5. The summed E-state index contributed by atoms with van der Waals surface area (Å²) in [5.41, 5.74) is 17.2. The lowest BCUT2D eigenvalue weighted by Gasteiger charge is -2.31. The third kappa shape index (κ3) is 7.96. The number of primary amides is 1. The van der Waals surface area contributed by atoms with Crippen LogP contribution in [0.3, 0.4) is 0 Å². The number of H-pyrrole nitrogens is 1. The summed E-state index contributed by atoms with van der Waals surface area (Å²) in [6.07, 6.45) is 1.95. The molecule has 10 nitrogen and oxygen atoms in total. The first-order valence-electron chi connectivity index (χ1n) is 13.5. The van der Waals surface area contributed by atoms with E-state index in [4.69, 9.17) is 16.2 Å². The fourth-order valence-electron chi connectivity index (χ4n) is 5.06. The summed E-state index contributed by atoms with van der Waals surface area (Å²) >= 11 is 0. The lowest BCUT2D eigenvalue weighted by atomic mass is 9.93. The Hall–Kier alpha value is -4.38. The van der Waals surface area contributed by atoms with Gasteiger partial charge in [-0.3, -0.25) is 9.59 Å². The average molecular weight is 643 g/mol. The molecule has 0 aliphatic rings. The molecule has 4 aromatic rings. The van der Waals surface area contributed by atoms with E-state index < -0.39 is 24.0 Å². The molecule has 2 atom stereocenters. The van der Waals surface area contributed by atoms with Crippen molar-refractivity contribution in [1.29, 1.82) is 0 Å². The van der Waals surface area contributed by atoms with E-state index in [-0.39, 0.29) is 55.0 Å². The van der Waals surface area contributed by atoms with Crippen LogP contribution in [0.2, 0.25) is 0 Å². The van der Waals surface area contributed by atoms with Crippen molar-refractivity contribution in [3.05, 3.63) is 106 Å². The number of aromatic nitrogens is 2. The number of methoxy groups -OCH3 is 1. The van der Waals surface area contributed by atoms with Crippen molar-refractivity contribution in [2.45, 2.75) is 45.8 Å². The fourth-order valence-corrected chi connectivity index (χ4v) is 5.06. The number of carbonyl (C=O) groups excluding carboxylic acids is 2. The lowest BCUT2D eigenvalue weighted by Crippen LogP contribution is -2.46. The maximum Gasteiger partial charge on any atom is 0.339 e. The second-order valence-corrected chi connectivity index (χ2v) is 10.3. The Balaban J connectivity index is 0.00000337. The van der Waals surface area contributed by atoms with Crippen molar-refractivity contribution in [3.63, 3.8) is 0 Å². The van der Waals surface area contributed by atoms with Crippen molar-refractivity contribution < 1.29 is 24.2 Å². The van der Waals surface area contributed by atoms with Gasteiger partial charge in [0.2, 0.25) is 11.8 Å². The van der Waals surface area contributed by atoms with Gasteiger partial charge in [0.15, 0.2) is 0 Å². The van der Waals surface area contributed by atoms with E-state index in [0.29, 0.717) is 17.0 Å². The molecule has 0 saturated carbocycles. The van der Waals surface area contributed by atoms with E-state index in [9.17, 15) is 19.5 Å². The number of aryl methyl sites for hydroxylation is 2. The van der Waals surface area contributed by atoms with Gasteiger partial charge >= 0.3 is 5.97 Å². The van der Waals surface area contributed by atoms with Crippen molar-refractivity contribution in [2.75, 3.05) is 7.11 Å². The number of benzene rings is 3. The molecule has 2 amide bonds. The minimum Gasteiger partial charge on any atom is -0.496 e. The number of carboxylic acid groups (broad SMARTS) is 1. The fraction of sp³-hybridized carbons (Fsp3) is 0.250. The van der Waals surface area contributed by atoms with E-state index in [1.54, 1.807) is 35.4 Å². The zero-order valence-corrected chi connectivity index (χ0v) is 26.5. The molecule has 0 saturated heterocycles. The van der Waals surface area contributed by atoms with Gasteiger partial charge in [-0.05, 0) is 79.3 Å². The summed E-state index contributed by atoms with van der Waals surface area (Å²) in [4.78, 5) is 47.1. The zero-order valence-electron chi connectivity index (χ0n) is 24.9. The second kappa shape index (κ2) is 15.4. The van der Waals surface area contributed by atoms with E-state index in [2.05, 4.69) is 9.97 Å². The average Bonchev–Trinajstić information content (AvgIpc) is 3.47. The first kappa shape index (κ1) is 35.8. The van der Waals surface area contributed by atoms with Gasteiger partial charge in [-0.25, -0.2) is 9.78 Å². The molecule has 1 heterocycles. The number of amides is 2. The topological polar surface area (TPSA) is 165 Å². The third-order valence-corrected chi connectivity index (χ3v) is 7.40. The monoisotopic (exact) mass is 641 g/mol. The maximum absolute atomic E-state index is 14.0. The highest BCUT2D eigenvalue weighted by atomic mass is 35.5. The molecular weight excluding hydrogens is 605 g/mol. The van der Waals surface area contributed by atoms with Crippen molar-refractivity contribution >= 4 is 42.6 Å². The van der Waals surface area contributed by atoms with E-state index in [0.717, 1.165) is 27.9 Å². The zero-order chi connectivity index (χ0) is 30.6. The summed E-state index contributed by atoms with van der Waals surface area (Å²) in [7, 11) is 1.40. The van der Waals surface area contributed by atoms with Gasteiger partial charge < -0.3 is 31.2 Å². The number of ether oxygens (including phenoxy) is 1. The van der Waals surface area contributed by atoms with Gasteiger partial charge in [0.25, 0.3) is 0 Å². The Morgan fingerprint density at radius 1 is 1.02 bits per heavy atom. The SMILES string of the molecule is COc1ccc(CN(C(=O)C(N)Cc2c(C)cc(C(N)=O)cc2C)C(C)c2ncc(-c3ccccc3)[nH]2)cc1C(=O)O.Cl.Cl. The molecular formula is C32H37Cl2N5O5. The number of halogens is 2. The molecule has 1 aromatic heterocycles. The number of rotatable bonds is 11. The summed E-state index contributed by atoms with van der Waals surface area (Å²) < 4.78 is 5.20. The molecule has 12 heteroatoms. The molecule has 4 rings (SSSR count). The number of nitrogens with two attached hydrogens (primary N) is 2. The molecule has 0 bridgehead atoms. The summed E-state index contributed by atoms with van der Waals surface area (Å²) in [6, 6.07) is 16.4. The molecule has 0 aliphatic heterocycles. The van der Waals surface area contributed by atoms with Gasteiger partial charge in [0.05, 0.1) is 31.1 Å². The highest BCUT2D eigenvalue weighted by Gasteiger charge is 2.29. The highest BCUT2D eigenvalue weighted by molar-refractivity contribution is 5.93. The Kier molecular flexibility index (Phi) is 12.5. The van der Waals surface area contributed by atoms with Gasteiger partial charge in [-0.2, -0.15) is 0 Å². The molecule has 3 aromatic carbocycles. The summed E-state index contributed by atoms with van der Waals surface area (Å²) in [5, 5.41) is 9.70. The van der Waals surface area contributed by atoms with Crippen molar-refractivity contribution in [1.82, 2.24) is 14.9 Å². The van der Waals surface area contributed by atoms with Gasteiger partial charge in [-0.1, -0.05) is 36.4 Å². The maximum atomic E-state index is 14.0. The first-order chi connectivity index (χ1) is 20.0. The van der Waals surface area contributed by atoms with Crippen LogP contribution in [-0.2, 0) is 17.8 Å². The minimum atomic E-state index is -1.14. The van der Waals surface area contributed by atoms with E-state index in [1.165, 1.54) is 13.2 Å². The number of aromatic carboxylic acids is 1. The number of aromatic amines is 1. The molecule has 0 aliphatic carbocycles. The van der Waals surface area contributed by atoms with Crippen LogP contribution in [0.4, 0.5) is 0 Å². The Morgan fingerprint density at radius 3 is 2.23 bits per heavy atom. The van der Waals surface area contributed by atoms with Crippen LogP contribution >= 0.6 is 24.8 Å². The quantitative estimate of drug-likeness (QED) is 0.179. The van der Waals surface area contributed by atoms with Crippen LogP contribution in [0.15, 0.2) is 66.9 Å². The smallest absolute Gasteiger partial charge is 0.339 e. The lowest BCUT2D eigenvalue weighted by molar-refractivity contribution is -0.135. The predicted molar refractivity (Wildman–Crippen MR) is 174 cm³/mol. The Bertz CT molecular complexity index is 1600. The molecule has 0 spiro atoms. The van der Waals surface area contributed by atoms with Crippen molar-refractivity contribution in [2.24, 2.45) is 11.5 Å². The highest BCUT2D eigenvalue weighted by Crippen LogP contribution is 2.28. The Morgan fingerprint density at radius 2 is 1.66 bits per heavy atom. The number of hydrogen-bond donors (Lipinski definition) is 4. The molecule has 234 valence electrons. The van der Waals surface area contributed by atoms with Crippen molar-refractivity contribution in [3.8, 4) is 17.0 Å². The van der Waals surface area contributed by atoms with Crippen LogP contribution in [0.1, 0.15) is 61.8 Å². The van der Waals surface area contributed by atoms with Crippen LogP contribution in [0.25, 0.3) is 11.3 Å². The van der Waals surface area contributed by atoms with E-state index >= 15 is 0 Å². The molecule has 6 N–H and O–H groups in total. The summed E-state index contributed by atoms with van der Waals surface area (Å²) in [6.45, 7) is 5.63. The number of carbonyl (C=O) groups is 3. The number of imidazole rings is 1. The van der Waals surface area contributed by atoms with Gasteiger partial charge in [-0.15, -0.1) is 24.8 Å². The third-order valence-electron chi connectivity index (χ3n) is 7.40. The number of hydrogen-bond acceptors (Lipinski definition) is 6. The van der Waals surface area contributed by atoms with Crippen LogP contribution in [-0.4, -0.2) is 50.9 Å². The molecule has 0 fully saturated rings. The molecule has 44 heavy (non-hydrogen) atoms. The normalized spacial score (nSPS) is 11.8. The van der Waals surface area contributed by atoms with Crippen LogP contribution in [0, 0.1) is 13.8 Å². The van der Waals surface area contributed by atoms with Gasteiger partial charge in [0, 0.05) is 12.1 Å². The number of nitrogens with one attached hydrogen (secondary N) is 1. The van der Waals surface area contributed by atoms with Crippen LogP contribution in [0.5, 0.6) is 5.75 Å². The van der Waals surface area contributed by atoms with Gasteiger partial charge in [0.1, 0.15) is 17.1 Å². The Labute approximate surface area is 268 Å². The molecule has 2 unspecified atom stereocenters. The standard InChI is InChI=1S/C32H35N5O5.2ClH/c1-18-12-23(29(34)38)13-19(2)24(18)15-26(33)31(39)37(17-21-10-11-28(42-4)25(14-21)32(40)41)20(3)30-35-16-27(36-30)22-8-6-5-7-9-22;;/h5-14,16,20,26H,15,17,33H2,1-4H3,(H2,34,38)(H,35,36)(H,40,41);2*1H. The summed E-state index contributed by atoms with van der Waals surface area (Å²) in [5.74, 6) is -1.23. The minimum absolute atomic E-state index is 0. The second-order valence-electron chi connectivity index (χ2n) is 10.3. The number of nitrogens with zero attached hydrogens (tertiary/aromatic N) is 2. The number of carboxylic acids is 1.